The third-order valence-electron chi connectivity index (χ3n) is 4.92. The number of nitrogens with one attached hydrogen (secondary N) is 2. The number of ether oxygens (including phenoxy) is 2. The van der Waals surface area contributed by atoms with Gasteiger partial charge in [0.2, 0.25) is 5.91 Å². The molecule has 2 heterocycles. The number of carbonyl (C=O) groups is 2. The molecular weight excluding hydrogens is 346 g/mol. The normalized spacial score (nSPS) is 19.1. The van der Waals surface area contributed by atoms with Gasteiger partial charge in [-0.15, -0.1) is 0 Å². The highest BCUT2D eigenvalue weighted by atomic mass is 16.6. The van der Waals surface area contributed by atoms with Gasteiger partial charge in [-0.1, -0.05) is 19.9 Å². The molecule has 0 aliphatic carbocycles. The monoisotopic (exact) mass is 375 g/mol. The Labute approximate surface area is 160 Å². The molecule has 27 heavy (non-hydrogen) atoms. The van der Waals surface area contributed by atoms with Gasteiger partial charge in [0, 0.05) is 12.6 Å². The molecule has 0 spiro atoms. The first kappa shape index (κ1) is 19.5. The smallest absolute Gasteiger partial charge is 0.321 e. The first-order valence-electron chi connectivity index (χ1n) is 9.74. The second-order valence-electron chi connectivity index (χ2n) is 7.52. The number of benzene rings is 1. The number of hydrogen-bond acceptors (Lipinski definition) is 5. The minimum absolute atomic E-state index is 0.149. The summed E-state index contributed by atoms with van der Waals surface area (Å²) in [6.45, 7) is 6.92. The van der Waals surface area contributed by atoms with Gasteiger partial charge in [0.1, 0.15) is 13.2 Å². The van der Waals surface area contributed by atoms with Crippen LogP contribution in [0.5, 0.6) is 11.5 Å². The SMILES string of the molecule is CC(C)CCNC(=O)NC(=O)CN1CCC[C@@H]1c1ccc2c(c1)OCCO2. The Kier molecular flexibility index (Phi) is 6.55. The highest BCUT2D eigenvalue weighted by Crippen LogP contribution is 2.37. The van der Waals surface area contributed by atoms with E-state index in [1.54, 1.807) is 0 Å². The molecule has 1 fully saturated rings. The Balaban J connectivity index is 1.53. The largest absolute Gasteiger partial charge is 0.486 e. The number of hydrogen-bond donors (Lipinski definition) is 2. The summed E-state index contributed by atoms with van der Waals surface area (Å²) in [4.78, 5) is 26.2. The fourth-order valence-corrected chi connectivity index (χ4v) is 3.53. The van der Waals surface area contributed by atoms with Gasteiger partial charge in [0.15, 0.2) is 11.5 Å². The molecule has 0 aromatic heterocycles. The van der Waals surface area contributed by atoms with E-state index in [9.17, 15) is 9.59 Å². The van der Waals surface area contributed by atoms with Crippen LogP contribution < -0.4 is 20.1 Å². The predicted molar refractivity (Wildman–Crippen MR) is 102 cm³/mol. The van der Waals surface area contributed by atoms with Gasteiger partial charge < -0.3 is 14.8 Å². The summed E-state index contributed by atoms with van der Waals surface area (Å²) in [6, 6.07) is 5.70. The van der Waals surface area contributed by atoms with Crippen molar-refractivity contribution in [3.05, 3.63) is 23.8 Å². The molecule has 1 atom stereocenters. The van der Waals surface area contributed by atoms with Crippen molar-refractivity contribution in [2.24, 2.45) is 5.92 Å². The average molecular weight is 375 g/mol. The molecular formula is C20H29N3O4. The van der Waals surface area contributed by atoms with Crippen LogP contribution in [0, 0.1) is 5.92 Å². The number of fused-ring (bicyclic) bond motifs is 1. The van der Waals surface area contributed by atoms with Gasteiger partial charge in [0.25, 0.3) is 0 Å². The van der Waals surface area contributed by atoms with Crippen LogP contribution in [0.15, 0.2) is 18.2 Å². The summed E-state index contributed by atoms with van der Waals surface area (Å²) in [7, 11) is 0. The van der Waals surface area contributed by atoms with Crippen LogP contribution >= 0.6 is 0 Å². The molecule has 0 bridgehead atoms. The highest BCUT2D eigenvalue weighted by molar-refractivity contribution is 5.95. The van der Waals surface area contributed by atoms with E-state index in [0.29, 0.717) is 25.7 Å². The van der Waals surface area contributed by atoms with Crippen molar-refractivity contribution in [3.8, 4) is 11.5 Å². The number of urea groups is 1. The van der Waals surface area contributed by atoms with Crippen molar-refractivity contribution in [2.75, 3.05) is 32.8 Å². The van der Waals surface area contributed by atoms with E-state index in [0.717, 1.165) is 42.9 Å². The number of likely N-dealkylation sites (tertiary alicyclic amines) is 1. The molecule has 0 unspecified atom stereocenters. The Morgan fingerprint density at radius 3 is 2.78 bits per heavy atom. The number of amides is 3. The van der Waals surface area contributed by atoms with Crippen LogP contribution in [0.2, 0.25) is 0 Å². The van der Waals surface area contributed by atoms with Crippen molar-refractivity contribution >= 4 is 11.9 Å². The lowest BCUT2D eigenvalue weighted by atomic mass is 10.0. The van der Waals surface area contributed by atoms with E-state index >= 15 is 0 Å². The lowest BCUT2D eigenvalue weighted by Gasteiger charge is -2.26. The van der Waals surface area contributed by atoms with E-state index < -0.39 is 6.03 Å². The molecule has 3 rings (SSSR count). The van der Waals surface area contributed by atoms with Crippen LogP contribution in [0.1, 0.15) is 44.7 Å². The maximum absolute atomic E-state index is 12.3. The standard InChI is InChI=1S/C20H29N3O4/c1-14(2)7-8-21-20(25)22-19(24)13-23-9-3-4-16(23)15-5-6-17-18(12-15)27-11-10-26-17/h5-6,12,14,16H,3-4,7-11,13H2,1-2H3,(H2,21,22,24,25)/t16-/m1/s1. The topological polar surface area (TPSA) is 79.9 Å². The van der Waals surface area contributed by atoms with Crippen molar-refractivity contribution < 1.29 is 19.1 Å². The summed E-state index contributed by atoms with van der Waals surface area (Å²) in [5, 5.41) is 5.15. The van der Waals surface area contributed by atoms with Crippen LogP contribution in [0.3, 0.4) is 0 Å². The molecule has 2 aliphatic rings. The first-order valence-corrected chi connectivity index (χ1v) is 9.74. The minimum atomic E-state index is -0.421. The molecule has 2 N–H and O–H groups in total. The zero-order valence-electron chi connectivity index (χ0n) is 16.1. The molecule has 0 saturated carbocycles. The van der Waals surface area contributed by atoms with Crippen molar-refractivity contribution in [2.45, 2.75) is 39.2 Å². The van der Waals surface area contributed by atoms with Gasteiger partial charge in [-0.3, -0.25) is 15.0 Å². The van der Waals surface area contributed by atoms with E-state index in [1.807, 2.05) is 18.2 Å². The average Bonchev–Trinajstić information content (AvgIpc) is 3.08. The van der Waals surface area contributed by atoms with Gasteiger partial charge in [0.05, 0.1) is 6.54 Å². The van der Waals surface area contributed by atoms with Gasteiger partial charge in [-0.25, -0.2) is 4.79 Å². The lowest BCUT2D eigenvalue weighted by Crippen LogP contribution is -2.44. The summed E-state index contributed by atoms with van der Waals surface area (Å²) >= 11 is 0. The van der Waals surface area contributed by atoms with Gasteiger partial charge in [-0.05, 0) is 49.4 Å². The Bertz CT molecular complexity index is 677. The summed E-state index contributed by atoms with van der Waals surface area (Å²) in [5.41, 5.74) is 1.12. The fraction of sp³-hybridized carbons (Fsp3) is 0.600. The summed E-state index contributed by atoms with van der Waals surface area (Å²) in [5.74, 6) is 1.77. The molecule has 2 aliphatic heterocycles. The maximum atomic E-state index is 12.3. The first-order chi connectivity index (χ1) is 13.0. The number of carbonyl (C=O) groups excluding carboxylic acids is 2. The van der Waals surface area contributed by atoms with Crippen LogP contribution in [0.4, 0.5) is 4.79 Å². The van der Waals surface area contributed by atoms with Crippen LogP contribution in [0.25, 0.3) is 0 Å². The fourth-order valence-electron chi connectivity index (χ4n) is 3.53. The highest BCUT2D eigenvalue weighted by Gasteiger charge is 2.29. The summed E-state index contributed by atoms with van der Waals surface area (Å²) < 4.78 is 11.2. The summed E-state index contributed by atoms with van der Waals surface area (Å²) in [6.07, 6.45) is 2.89. The second-order valence-corrected chi connectivity index (χ2v) is 7.52. The van der Waals surface area contributed by atoms with E-state index in [2.05, 4.69) is 29.4 Å². The third-order valence-corrected chi connectivity index (χ3v) is 4.92. The number of nitrogens with zero attached hydrogens (tertiary/aromatic N) is 1. The molecule has 3 amide bonds. The van der Waals surface area contributed by atoms with Crippen LogP contribution in [-0.2, 0) is 4.79 Å². The maximum Gasteiger partial charge on any atom is 0.321 e. The van der Waals surface area contributed by atoms with Crippen LogP contribution in [-0.4, -0.2) is 49.7 Å². The molecule has 0 radical (unpaired) electrons. The quantitative estimate of drug-likeness (QED) is 0.798. The molecule has 7 nitrogen and oxygen atoms in total. The molecule has 148 valence electrons. The third kappa shape index (κ3) is 5.35. The molecule has 1 aromatic rings. The molecule has 7 heteroatoms. The second kappa shape index (κ2) is 9.08. The van der Waals surface area contributed by atoms with Crippen molar-refractivity contribution in [3.63, 3.8) is 0 Å². The minimum Gasteiger partial charge on any atom is -0.486 e. The van der Waals surface area contributed by atoms with Crippen molar-refractivity contribution in [1.29, 1.82) is 0 Å². The Morgan fingerprint density at radius 1 is 1.22 bits per heavy atom. The zero-order chi connectivity index (χ0) is 19.2. The number of rotatable bonds is 6. The lowest BCUT2D eigenvalue weighted by molar-refractivity contribution is -0.121. The van der Waals surface area contributed by atoms with Gasteiger partial charge >= 0.3 is 6.03 Å². The Morgan fingerprint density at radius 2 is 2.00 bits per heavy atom. The number of imide groups is 1. The van der Waals surface area contributed by atoms with Crippen molar-refractivity contribution in [1.82, 2.24) is 15.5 Å². The molecule has 1 aromatic carbocycles. The van der Waals surface area contributed by atoms with Gasteiger partial charge in [-0.2, -0.15) is 0 Å². The van der Waals surface area contributed by atoms with E-state index in [1.165, 1.54) is 0 Å². The Hall–Kier alpha value is -2.28. The molecule has 1 saturated heterocycles. The van der Waals surface area contributed by atoms with E-state index in [-0.39, 0.29) is 18.5 Å². The zero-order valence-corrected chi connectivity index (χ0v) is 16.1. The predicted octanol–water partition coefficient (Wildman–Crippen LogP) is 2.47. The van der Waals surface area contributed by atoms with E-state index in [4.69, 9.17) is 9.47 Å².